The molecule has 0 aliphatic carbocycles. The highest BCUT2D eigenvalue weighted by molar-refractivity contribution is 5.42. The molecule has 0 fully saturated rings. The zero-order valence-corrected chi connectivity index (χ0v) is 11.9. The van der Waals surface area contributed by atoms with Crippen LogP contribution in [0.4, 0.5) is 0 Å². The van der Waals surface area contributed by atoms with E-state index in [9.17, 15) is 0 Å². The summed E-state index contributed by atoms with van der Waals surface area (Å²) in [5.74, 6) is 1.36. The summed E-state index contributed by atoms with van der Waals surface area (Å²) in [5.41, 5.74) is 0.815. The van der Waals surface area contributed by atoms with Crippen molar-refractivity contribution in [3.8, 4) is 11.5 Å². The third-order valence-electron chi connectivity index (χ3n) is 2.62. The van der Waals surface area contributed by atoms with Crippen LogP contribution in [0.1, 0.15) is 32.3 Å². The maximum absolute atomic E-state index is 9.10. The number of hydrogen-bond acceptors (Lipinski definition) is 4. The minimum absolute atomic E-state index is 0.000479. The molecule has 0 unspecified atom stereocenters. The van der Waals surface area contributed by atoms with Crippen LogP contribution in [0.3, 0.4) is 0 Å². The van der Waals surface area contributed by atoms with Crippen LogP contribution in [0, 0.1) is 0 Å². The molecule has 0 bridgehead atoms. The molecule has 0 aromatic heterocycles. The molecule has 0 radical (unpaired) electrons. The second-order valence-corrected chi connectivity index (χ2v) is 4.19. The number of ether oxygens (including phenoxy) is 3. The van der Waals surface area contributed by atoms with Gasteiger partial charge >= 0.3 is 0 Å². The van der Waals surface area contributed by atoms with Crippen molar-refractivity contribution in [3.05, 3.63) is 23.8 Å². The molecule has 19 heavy (non-hydrogen) atoms. The molecule has 0 heterocycles. The molecule has 108 valence electrons. The Kier molecular flexibility index (Phi) is 8.02. The standard InChI is InChI=1S/C15H24O4/c1-3-5-8-17-9-10-19-14-7-6-13(12-16)11-15(14)18-4-2/h6-7,11,16H,3-5,8-10,12H2,1-2H3. The van der Waals surface area contributed by atoms with Gasteiger partial charge in [-0.15, -0.1) is 0 Å². The average molecular weight is 268 g/mol. The van der Waals surface area contributed by atoms with Gasteiger partial charge in [-0.25, -0.2) is 0 Å². The van der Waals surface area contributed by atoms with E-state index in [1.165, 1.54) is 0 Å². The summed E-state index contributed by atoms with van der Waals surface area (Å²) in [6, 6.07) is 5.45. The summed E-state index contributed by atoms with van der Waals surface area (Å²) < 4.78 is 16.6. The number of aliphatic hydroxyl groups is 1. The van der Waals surface area contributed by atoms with Crippen molar-refractivity contribution in [3.63, 3.8) is 0 Å². The van der Waals surface area contributed by atoms with Gasteiger partial charge in [0.25, 0.3) is 0 Å². The van der Waals surface area contributed by atoms with Gasteiger partial charge in [0.2, 0.25) is 0 Å². The normalized spacial score (nSPS) is 10.5. The highest BCUT2D eigenvalue weighted by Crippen LogP contribution is 2.28. The van der Waals surface area contributed by atoms with Crippen LogP contribution < -0.4 is 9.47 Å². The van der Waals surface area contributed by atoms with Gasteiger partial charge < -0.3 is 19.3 Å². The topological polar surface area (TPSA) is 47.9 Å². The minimum atomic E-state index is 0.000479. The molecule has 1 N–H and O–H groups in total. The highest BCUT2D eigenvalue weighted by Gasteiger charge is 2.06. The van der Waals surface area contributed by atoms with E-state index in [-0.39, 0.29) is 6.61 Å². The Morgan fingerprint density at radius 3 is 2.53 bits per heavy atom. The fraction of sp³-hybridized carbons (Fsp3) is 0.600. The predicted octanol–water partition coefficient (Wildman–Crippen LogP) is 2.77. The lowest BCUT2D eigenvalue weighted by Gasteiger charge is -2.13. The van der Waals surface area contributed by atoms with Gasteiger partial charge in [-0.1, -0.05) is 19.4 Å². The van der Waals surface area contributed by atoms with Gasteiger partial charge in [0, 0.05) is 6.61 Å². The SMILES string of the molecule is CCCCOCCOc1ccc(CO)cc1OCC. The molecule has 0 amide bonds. The lowest BCUT2D eigenvalue weighted by Crippen LogP contribution is -2.08. The number of rotatable bonds is 10. The van der Waals surface area contributed by atoms with E-state index in [1.807, 2.05) is 19.1 Å². The molecule has 0 spiro atoms. The molecule has 0 aliphatic heterocycles. The molecule has 4 nitrogen and oxygen atoms in total. The van der Waals surface area contributed by atoms with E-state index in [1.54, 1.807) is 6.07 Å². The average Bonchev–Trinajstić information content (AvgIpc) is 2.44. The maximum atomic E-state index is 9.10. The van der Waals surface area contributed by atoms with Crippen molar-refractivity contribution in [1.29, 1.82) is 0 Å². The van der Waals surface area contributed by atoms with E-state index in [4.69, 9.17) is 19.3 Å². The Bertz CT molecular complexity index is 352. The largest absolute Gasteiger partial charge is 0.490 e. The van der Waals surface area contributed by atoms with Gasteiger partial charge in [0.1, 0.15) is 6.61 Å². The molecule has 0 aliphatic rings. The fourth-order valence-electron chi connectivity index (χ4n) is 1.60. The van der Waals surface area contributed by atoms with Gasteiger partial charge in [0.05, 0.1) is 19.8 Å². The first-order valence-corrected chi connectivity index (χ1v) is 6.88. The smallest absolute Gasteiger partial charge is 0.161 e. The molecule has 1 aromatic rings. The van der Waals surface area contributed by atoms with Crippen LogP contribution >= 0.6 is 0 Å². The third kappa shape index (κ3) is 5.94. The zero-order chi connectivity index (χ0) is 13.9. The Morgan fingerprint density at radius 2 is 1.84 bits per heavy atom. The molecule has 4 heteroatoms. The molecule has 1 aromatic carbocycles. The molecule has 0 saturated heterocycles. The van der Waals surface area contributed by atoms with E-state index in [2.05, 4.69) is 6.92 Å². The first-order valence-electron chi connectivity index (χ1n) is 6.88. The monoisotopic (exact) mass is 268 g/mol. The number of unbranched alkanes of at least 4 members (excludes halogenated alkanes) is 1. The van der Waals surface area contributed by atoms with Crippen LogP contribution in [-0.2, 0) is 11.3 Å². The lowest BCUT2D eigenvalue weighted by atomic mass is 10.2. The van der Waals surface area contributed by atoms with Crippen LogP contribution in [0.5, 0.6) is 11.5 Å². The second kappa shape index (κ2) is 9.64. The molecule has 0 atom stereocenters. The summed E-state index contributed by atoms with van der Waals surface area (Å²) in [6.07, 6.45) is 2.22. The Hall–Kier alpha value is -1.26. The van der Waals surface area contributed by atoms with Gasteiger partial charge in [0.15, 0.2) is 11.5 Å². The molecular weight excluding hydrogens is 244 g/mol. The molecular formula is C15H24O4. The van der Waals surface area contributed by atoms with E-state index >= 15 is 0 Å². The van der Waals surface area contributed by atoms with Crippen molar-refractivity contribution in [1.82, 2.24) is 0 Å². The Morgan fingerprint density at radius 1 is 1.00 bits per heavy atom. The highest BCUT2D eigenvalue weighted by atomic mass is 16.5. The molecule has 0 saturated carbocycles. The summed E-state index contributed by atoms with van der Waals surface area (Å²) >= 11 is 0. The van der Waals surface area contributed by atoms with Crippen molar-refractivity contribution < 1.29 is 19.3 Å². The number of aliphatic hydroxyl groups excluding tert-OH is 1. The van der Waals surface area contributed by atoms with Crippen LogP contribution in [-0.4, -0.2) is 31.5 Å². The van der Waals surface area contributed by atoms with E-state index in [0.29, 0.717) is 31.3 Å². The zero-order valence-electron chi connectivity index (χ0n) is 11.9. The lowest BCUT2D eigenvalue weighted by molar-refractivity contribution is 0.0967. The van der Waals surface area contributed by atoms with Crippen LogP contribution in [0.15, 0.2) is 18.2 Å². The maximum Gasteiger partial charge on any atom is 0.161 e. The first-order chi connectivity index (χ1) is 9.31. The van der Waals surface area contributed by atoms with E-state index in [0.717, 1.165) is 25.0 Å². The third-order valence-corrected chi connectivity index (χ3v) is 2.62. The van der Waals surface area contributed by atoms with Crippen LogP contribution in [0.25, 0.3) is 0 Å². The van der Waals surface area contributed by atoms with E-state index < -0.39 is 0 Å². The summed E-state index contributed by atoms with van der Waals surface area (Å²) in [6.45, 7) is 6.48. The summed E-state index contributed by atoms with van der Waals surface area (Å²) in [7, 11) is 0. The van der Waals surface area contributed by atoms with Crippen LogP contribution in [0.2, 0.25) is 0 Å². The molecule has 1 rings (SSSR count). The quantitative estimate of drug-likeness (QED) is 0.663. The van der Waals surface area contributed by atoms with Crippen molar-refractivity contribution in [2.75, 3.05) is 26.4 Å². The van der Waals surface area contributed by atoms with Crippen molar-refractivity contribution in [2.24, 2.45) is 0 Å². The summed E-state index contributed by atoms with van der Waals surface area (Å²) in [4.78, 5) is 0. The Balaban J connectivity index is 2.43. The number of hydrogen-bond donors (Lipinski definition) is 1. The minimum Gasteiger partial charge on any atom is -0.490 e. The summed E-state index contributed by atoms with van der Waals surface area (Å²) in [5, 5.41) is 9.10. The van der Waals surface area contributed by atoms with Gasteiger partial charge in [-0.2, -0.15) is 0 Å². The van der Waals surface area contributed by atoms with Gasteiger partial charge in [-0.3, -0.25) is 0 Å². The first kappa shape index (κ1) is 15.8. The fourth-order valence-corrected chi connectivity index (χ4v) is 1.60. The predicted molar refractivity (Wildman–Crippen MR) is 74.8 cm³/mol. The number of benzene rings is 1. The van der Waals surface area contributed by atoms with Crippen molar-refractivity contribution in [2.45, 2.75) is 33.3 Å². The van der Waals surface area contributed by atoms with Gasteiger partial charge in [-0.05, 0) is 31.0 Å². The van der Waals surface area contributed by atoms with Crippen molar-refractivity contribution >= 4 is 0 Å². The Labute approximate surface area is 115 Å². The second-order valence-electron chi connectivity index (χ2n) is 4.19.